The Morgan fingerprint density at radius 3 is 2.50 bits per heavy atom. The molecule has 138 valence electrons. The Balaban J connectivity index is 1.44. The number of carbonyl (C=O) groups excluding carboxylic acids is 2. The summed E-state index contributed by atoms with van der Waals surface area (Å²) >= 11 is 13.5. The second-order valence-electron chi connectivity index (χ2n) is 6.10. The van der Waals surface area contributed by atoms with Crippen LogP contribution in [0, 0.1) is 0 Å². The summed E-state index contributed by atoms with van der Waals surface area (Å²) in [5, 5.41) is 7.57. The Labute approximate surface area is 166 Å². The zero-order chi connectivity index (χ0) is 18.5. The van der Waals surface area contributed by atoms with Gasteiger partial charge in [0, 0.05) is 38.3 Å². The fourth-order valence-electron chi connectivity index (χ4n) is 2.80. The van der Waals surface area contributed by atoms with E-state index in [9.17, 15) is 9.59 Å². The molecule has 1 aliphatic rings. The van der Waals surface area contributed by atoms with Crippen LogP contribution in [0.15, 0.2) is 35.0 Å². The standard InChI is InChI=1S/C18H19Cl2N3O2S/c19-15-2-1-14(9-16(15)20)18(25)21-10-17(24)23-6-4-22(5-7-23)11-13-3-8-26-12-13/h1-3,8-9,12H,4-7,10-11H2,(H,21,25). The van der Waals surface area contributed by atoms with Gasteiger partial charge in [0.05, 0.1) is 16.6 Å². The number of hydrogen-bond donors (Lipinski definition) is 1. The second-order valence-corrected chi connectivity index (χ2v) is 7.69. The number of piperazine rings is 1. The molecule has 0 unspecified atom stereocenters. The van der Waals surface area contributed by atoms with Crippen LogP contribution in [0.1, 0.15) is 15.9 Å². The fourth-order valence-corrected chi connectivity index (χ4v) is 3.76. The lowest BCUT2D eigenvalue weighted by Gasteiger charge is -2.34. The first-order valence-corrected chi connectivity index (χ1v) is 9.97. The molecular weight excluding hydrogens is 393 g/mol. The van der Waals surface area contributed by atoms with Crippen molar-refractivity contribution in [1.29, 1.82) is 0 Å². The first-order valence-electron chi connectivity index (χ1n) is 8.27. The van der Waals surface area contributed by atoms with E-state index >= 15 is 0 Å². The summed E-state index contributed by atoms with van der Waals surface area (Å²) in [7, 11) is 0. The molecule has 0 atom stereocenters. The van der Waals surface area contributed by atoms with E-state index in [1.54, 1.807) is 28.4 Å². The Kier molecular flexibility index (Phi) is 6.53. The molecule has 0 aliphatic carbocycles. The van der Waals surface area contributed by atoms with Crippen LogP contribution < -0.4 is 5.32 Å². The number of amides is 2. The average molecular weight is 412 g/mol. The third-order valence-corrected chi connectivity index (χ3v) is 5.76. The third kappa shape index (κ3) is 4.98. The van der Waals surface area contributed by atoms with Crippen molar-refractivity contribution < 1.29 is 9.59 Å². The Hall–Kier alpha value is -1.60. The van der Waals surface area contributed by atoms with Gasteiger partial charge in [-0.3, -0.25) is 14.5 Å². The summed E-state index contributed by atoms with van der Waals surface area (Å²) in [5.41, 5.74) is 1.69. The number of benzene rings is 1. The van der Waals surface area contributed by atoms with Gasteiger partial charge in [-0.15, -0.1) is 0 Å². The van der Waals surface area contributed by atoms with Gasteiger partial charge < -0.3 is 10.2 Å². The van der Waals surface area contributed by atoms with Crippen molar-refractivity contribution in [3.63, 3.8) is 0 Å². The number of carbonyl (C=O) groups is 2. The summed E-state index contributed by atoms with van der Waals surface area (Å²) in [4.78, 5) is 28.6. The van der Waals surface area contributed by atoms with Gasteiger partial charge in [0.25, 0.3) is 5.91 Å². The molecule has 26 heavy (non-hydrogen) atoms. The number of thiophene rings is 1. The van der Waals surface area contributed by atoms with E-state index in [0.717, 1.165) is 19.6 Å². The molecule has 1 aliphatic heterocycles. The van der Waals surface area contributed by atoms with E-state index in [0.29, 0.717) is 28.7 Å². The summed E-state index contributed by atoms with van der Waals surface area (Å²) in [6.45, 7) is 3.91. The summed E-state index contributed by atoms with van der Waals surface area (Å²) < 4.78 is 0. The maximum absolute atomic E-state index is 12.3. The van der Waals surface area contributed by atoms with Gasteiger partial charge in [-0.05, 0) is 40.6 Å². The van der Waals surface area contributed by atoms with Crippen molar-refractivity contribution in [3.05, 3.63) is 56.2 Å². The highest BCUT2D eigenvalue weighted by molar-refractivity contribution is 7.07. The number of halogens is 2. The van der Waals surface area contributed by atoms with Crippen LogP contribution in [0.2, 0.25) is 10.0 Å². The van der Waals surface area contributed by atoms with Gasteiger partial charge in [-0.1, -0.05) is 23.2 Å². The monoisotopic (exact) mass is 411 g/mol. The van der Waals surface area contributed by atoms with Gasteiger partial charge >= 0.3 is 0 Å². The van der Waals surface area contributed by atoms with Crippen LogP contribution >= 0.6 is 34.5 Å². The Morgan fingerprint density at radius 1 is 1.08 bits per heavy atom. The SMILES string of the molecule is O=C(NCC(=O)N1CCN(Cc2ccsc2)CC1)c1ccc(Cl)c(Cl)c1. The minimum atomic E-state index is -0.340. The van der Waals surface area contributed by atoms with Crippen molar-refractivity contribution in [1.82, 2.24) is 15.1 Å². The van der Waals surface area contributed by atoms with Crippen LogP contribution in [0.5, 0.6) is 0 Å². The molecule has 2 heterocycles. The van der Waals surface area contributed by atoms with Crippen LogP contribution in [-0.2, 0) is 11.3 Å². The van der Waals surface area contributed by atoms with Gasteiger partial charge in [0.15, 0.2) is 0 Å². The third-order valence-electron chi connectivity index (χ3n) is 4.29. The molecule has 1 saturated heterocycles. The summed E-state index contributed by atoms with van der Waals surface area (Å²) in [6, 6.07) is 6.76. The largest absolute Gasteiger partial charge is 0.343 e. The molecule has 5 nitrogen and oxygen atoms in total. The van der Waals surface area contributed by atoms with Crippen LogP contribution in [0.25, 0.3) is 0 Å². The van der Waals surface area contributed by atoms with E-state index in [1.807, 2.05) is 0 Å². The number of nitrogens with one attached hydrogen (secondary N) is 1. The van der Waals surface area contributed by atoms with Crippen LogP contribution in [0.3, 0.4) is 0 Å². The molecule has 3 rings (SSSR count). The van der Waals surface area contributed by atoms with Crippen LogP contribution in [0.4, 0.5) is 0 Å². The summed E-state index contributed by atoms with van der Waals surface area (Å²) in [5.74, 6) is -0.415. The zero-order valence-electron chi connectivity index (χ0n) is 14.1. The Morgan fingerprint density at radius 2 is 1.85 bits per heavy atom. The van der Waals surface area contributed by atoms with E-state index in [-0.39, 0.29) is 18.4 Å². The molecule has 2 amide bonds. The predicted octanol–water partition coefficient (Wildman–Crippen LogP) is 3.13. The minimum Gasteiger partial charge on any atom is -0.343 e. The average Bonchev–Trinajstić information content (AvgIpc) is 3.15. The highest BCUT2D eigenvalue weighted by Crippen LogP contribution is 2.22. The maximum atomic E-state index is 12.3. The molecule has 2 aromatic rings. The molecule has 8 heteroatoms. The molecule has 1 fully saturated rings. The zero-order valence-corrected chi connectivity index (χ0v) is 16.4. The lowest BCUT2D eigenvalue weighted by atomic mass is 10.2. The topological polar surface area (TPSA) is 52.7 Å². The molecule has 0 bridgehead atoms. The molecule has 1 aromatic heterocycles. The van der Waals surface area contributed by atoms with Gasteiger partial charge in [0.1, 0.15) is 0 Å². The number of rotatable bonds is 5. The van der Waals surface area contributed by atoms with Crippen molar-refractivity contribution in [2.75, 3.05) is 32.7 Å². The normalized spacial score (nSPS) is 15.1. The molecule has 0 spiro atoms. The molecule has 0 saturated carbocycles. The quantitative estimate of drug-likeness (QED) is 0.821. The van der Waals surface area contributed by atoms with E-state index in [4.69, 9.17) is 23.2 Å². The lowest BCUT2D eigenvalue weighted by molar-refractivity contribution is -0.131. The highest BCUT2D eigenvalue weighted by atomic mass is 35.5. The molecule has 1 N–H and O–H groups in total. The van der Waals surface area contributed by atoms with E-state index in [1.165, 1.54) is 11.6 Å². The van der Waals surface area contributed by atoms with Gasteiger partial charge in [-0.2, -0.15) is 11.3 Å². The van der Waals surface area contributed by atoms with Gasteiger partial charge in [0.2, 0.25) is 5.91 Å². The fraction of sp³-hybridized carbons (Fsp3) is 0.333. The Bertz CT molecular complexity index is 775. The first kappa shape index (κ1) is 19.2. The maximum Gasteiger partial charge on any atom is 0.251 e. The predicted molar refractivity (Wildman–Crippen MR) is 105 cm³/mol. The molecule has 1 aromatic carbocycles. The minimum absolute atomic E-state index is 0.0242. The van der Waals surface area contributed by atoms with E-state index < -0.39 is 0 Å². The highest BCUT2D eigenvalue weighted by Gasteiger charge is 2.21. The first-order chi connectivity index (χ1) is 12.5. The van der Waals surface area contributed by atoms with Crippen molar-refractivity contribution >= 4 is 46.4 Å². The smallest absolute Gasteiger partial charge is 0.251 e. The number of nitrogens with zero attached hydrogens (tertiary/aromatic N) is 2. The lowest BCUT2D eigenvalue weighted by Crippen LogP contribution is -2.50. The molecule has 0 radical (unpaired) electrons. The molecular formula is C18H19Cl2N3O2S. The summed E-state index contributed by atoms with van der Waals surface area (Å²) in [6.07, 6.45) is 0. The van der Waals surface area contributed by atoms with Gasteiger partial charge in [-0.25, -0.2) is 0 Å². The van der Waals surface area contributed by atoms with Crippen molar-refractivity contribution in [3.8, 4) is 0 Å². The second kappa shape index (κ2) is 8.86. The van der Waals surface area contributed by atoms with Crippen molar-refractivity contribution in [2.24, 2.45) is 0 Å². The van der Waals surface area contributed by atoms with Crippen molar-refractivity contribution in [2.45, 2.75) is 6.54 Å². The number of hydrogen-bond acceptors (Lipinski definition) is 4. The van der Waals surface area contributed by atoms with E-state index in [2.05, 4.69) is 27.0 Å². The van der Waals surface area contributed by atoms with Crippen LogP contribution in [-0.4, -0.2) is 54.3 Å².